The van der Waals surface area contributed by atoms with Gasteiger partial charge < -0.3 is 0 Å². The van der Waals surface area contributed by atoms with E-state index in [-0.39, 0.29) is 0 Å². The fourth-order valence-electron chi connectivity index (χ4n) is 6.82. The van der Waals surface area contributed by atoms with E-state index < -0.39 is 0 Å². The number of hydrogen-bond donors (Lipinski definition) is 0. The van der Waals surface area contributed by atoms with Crippen molar-refractivity contribution in [1.82, 2.24) is 0 Å². The minimum atomic E-state index is 0.850. The van der Waals surface area contributed by atoms with Crippen molar-refractivity contribution in [2.24, 2.45) is 34.1 Å². The van der Waals surface area contributed by atoms with Crippen LogP contribution in [-0.4, -0.2) is 22.8 Å². The second-order valence-electron chi connectivity index (χ2n) is 12.6. The van der Waals surface area contributed by atoms with Crippen LogP contribution in [0.3, 0.4) is 0 Å². The second kappa shape index (κ2) is 12.1. The van der Waals surface area contributed by atoms with Crippen molar-refractivity contribution in [2.45, 2.75) is 0 Å². The Labute approximate surface area is 291 Å². The molecule has 0 fully saturated rings. The third kappa shape index (κ3) is 5.24. The summed E-state index contributed by atoms with van der Waals surface area (Å²) < 4.78 is 4.07. The molecule has 236 valence electrons. The number of benzene rings is 2. The molecular weight excluding hydrogens is 613 g/mol. The summed E-state index contributed by atoms with van der Waals surface area (Å²) in [6.07, 6.45) is 25.1. The predicted molar refractivity (Wildman–Crippen MR) is 202 cm³/mol. The van der Waals surface area contributed by atoms with Crippen LogP contribution in [0.5, 0.6) is 0 Å². The van der Waals surface area contributed by atoms with E-state index in [0.29, 0.717) is 0 Å². The standard InChI is InChI=1S/C44H32N6/c1-49-25-21-31(22-26-49)43-37-17-15-35(46-37)41(29-9-5-3-6-10-29)33-13-14-34(45-33)42(30-11-7-4-8-12-30)36-16-18-38(47-36)44(40-20-19-39(43)48-40)32-23-27-50(2)28-24-32/h3-28H,1-2H3/q+2. The van der Waals surface area contributed by atoms with Gasteiger partial charge in [-0.2, -0.15) is 0 Å². The lowest BCUT2D eigenvalue weighted by Gasteiger charge is -2.12. The third-order valence-corrected chi connectivity index (χ3v) is 9.27. The van der Waals surface area contributed by atoms with E-state index in [0.717, 1.165) is 90.2 Å². The molecule has 6 heteroatoms. The summed E-state index contributed by atoms with van der Waals surface area (Å²) in [5, 5.41) is 0. The van der Waals surface area contributed by atoms with Crippen LogP contribution in [0.2, 0.25) is 0 Å². The van der Waals surface area contributed by atoms with Crippen LogP contribution in [-0.2, 0) is 14.1 Å². The molecule has 0 saturated heterocycles. The molecule has 2 aromatic heterocycles. The zero-order valence-electron chi connectivity index (χ0n) is 27.7. The van der Waals surface area contributed by atoms with Crippen molar-refractivity contribution in [1.29, 1.82) is 0 Å². The minimum absolute atomic E-state index is 0.850. The predicted octanol–water partition coefficient (Wildman–Crippen LogP) is 7.34. The molecule has 0 spiro atoms. The Morgan fingerprint density at radius 2 is 0.580 bits per heavy atom. The first-order valence-corrected chi connectivity index (χ1v) is 16.7. The van der Waals surface area contributed by atoms with Gasteiger partial charge in [0.25, 0.3) is 0 Å². The van der Waals surface area contributed by atoms with Crippen LogP contribution in [0.4, 0.5) is 0 Å². The number of hydrogen-bond acceptors (Lipinski definition) is 4. The van der Waals surface area contributed by atoms with Crippen LogP contribution in [0.25, 0.3) is 22.3 Å². The molecule has 0 aliphatic carbocycles. The summed E-state index contributed by atoms with van der Waals surface area (Å²) in [5.74, 6) is 0. The number of pyridine rings is 2. The largest absolute Gasteiger partial charge is 0.248 e. The Hall–Kier alpha value is -6.66. The molecule has 0 saturated carbocycles. The minimum Gasteiger partial charge on any atom is -0.248 e. The van der Waals surface area contributed by atoms with Crippen LogP contribution < -0.4 is 9.13 Å². The maximum atomic E-state index is 5.34. The molecule has 0 N–H and O–H groups in total. The maximum Gasteiger partial charge on any atom is 0.169 e. The Bertz CT molecular complexity index is 2390. The van der Waals surface area contributed by atoms with Crippen LogP contribution in [0, 0.1) is 0 Å². The first kappa shape index (κ1) is 29.5. The lowest BCUT2D eigenvalue weighted by Crippen LogP contribution is -2.26. The molecule has 5 aliphatic heterocycles. The molecule has 0 radical (unpaired) electrons. The number of aliphatic imine (C=N–C) groups is 4. The van der Waals surface area contributed by atoms with E-state index in [1.807, 2.05) is 35.4 Å². The summed E-state index contributed by atoms with van der Waals surface area (Å²) in [6, 6.07) is 29.3. The summed E-state index contributed by atoms with van der Waals surface area (Å²) in [7, 11) is 4.05. The van der Waals surface area contributed by atoms with Crippen molar-refractivity contribution in [3.05, 3.63) is 203 Å². The first-order valence-electron chi connectivity index (χ1n) is 16.7. The average molecular weight is 645 g/mol. The zero-order valence-corrected chi connectivity index (χ0v) is 27.7. The van der Waals surface area contributed by atoms with Crippen LogP contribution >= 0.6 is 0 Å². The molecule has 9 rings (SSSR count). The van der Waals surface area contributed by atoms with Crippen molar-refractivity contribution in [3.8, 4) is 0 Å². The SMILES string of the molecule is C[n+]1ccc(C2=C3C=CC(=N3)C(c3cc[n+](C)cc3)=C3C=CC(=N3)C(c3ccccc3)=C3C=CC(=N3)C(c3ccccc3)=C3C=CC2=N3)cc1. The van der Waals surface area contributed by atoms with E-state index in [1.54, 1.807) is 0 Å². The Kier molecular flexibility index (Phi) is 7.13. The van der Waals surface area contributed by atoms with Gasteiger partial charge in [-0.25, -0.2) is 29.1 Å². The van der Waals surface area contributed by atoms with Gasteiger partial charge in [0.15, 0.2) is 24.8 Å². The zero-order chi connectivity index (χ0) is 33.6. The van der Waals surface area contributed by atoms with Gasteiger partial charge in [-0.1, -0.05) is 60.7 Å². The monoisotopic (exact) mass is 644 g/mol. The van der Waals surface area contributed by atoms with Gasteiger partial charge in [0.1, 0.15) is 14.1 Å². The summed E-state index contributed by atoms with van der Waals surface area (Å²) >= 11 is 0. The molecule has 0 unspecified atom stereocenters. The van der Waals surface area contributed by atoms with Crippen molar-refractivity contribution < 1.29 is 9.13 Å². The average Bonchev–Trinajstić information content (AvgIpc) is 3.98. The molecule has 7 heterocycles. The maximum absolute atomic E-state index is 5.34. The number of aryl methyl sites for hydroxylation is 2. The molecule has 0 amide bonds. The smallest absolute Gasteiger partial charge is 0.169 e. The first-order chi connectivity index (χ1) is 24.6. The molecule has 5 aliphatic rings. The van der Waals surface area contributed by atoms with Gasteiger partial charge in [-0.3, -0.25) is 0 Å². The van der Waals surface area contributed by atoms with E-state index in [2.05, 4.69) is 146 Å². The van der Waals surface area contributed by atoms with E-state index in [1.165, 1.54) is 0 Å². The molecule has 2 aromatic carbocycles. The molecule has 8 bridgehead atoms. The quantitative estimate of drug-likeness (QED) is 0.209. The third-order valence-electron chi connectivity index (χ3n) is 9.27. The molecule has 50 heavy (non-hydrogen) atoms. The summed E-state index contributed by atoms with van der Waals surface area (Å²) in [5.41, 5.74) is 14.9. The Morgan fingerprint density at radius 3 is 0.860 bits per heavy atom. The summed E-state index contributed by atoms with van der Waals surface area (Å²) in [6.45, 7) is 0. The number of rotatable bonds is 4. The Balaban J connectivity index is 1.37. The highest BCUT2D eigenvalue weighted by Crippen LogP contribution is 2.38. The van der Waals surface area contributed by atoms with E-state index in [9.17, 15) is 0 Å². The highest BCUT2D eigenvalue weighted by Gasteiger charge is 2.27. The fourth-order valence-corrected chi connectivity index (χ4v) is 6.82. The highest BCUT2D eigenvalue weighted by molar-refractivity contribution is 6.39. The lowest BCUT2D eigenvalue weighted by atomic mass is 9.98. The number of allylic oxidation sites excluding steroid dienone is 12. The molecule has 4 aromatic rings. The number of fused-ring (bicyclic) bond motifs is 4. The van der Waals surface area contributed by atoms with Crippen molar-refractivity contribution in [3.63, 3.8) is 0 Å². The second-order valence-corrected chi connectivity index (χ2v) is 12.6. The Morgan fingerprint density at radius 1 is 0.320 bits per heavy atom. The van der Waals surface area contributed by atoms with E-state index in [4.69, 9.17) is 20.0 Å². The lowest BCUT2D eigenvalue weighted by molar-refractivity contribution is -0.671. The molecular formula is C44H32N6+2. The van der Waals surface area contributed by atoms with Gasteiger partial charge in [0, 0.05) is 46.6 Å². The van der Waals surface area contributed by atoms with Crippen LogP contribution in [0.1, 0.15) is 22.3 Å². The van der Waals surface area contributed by atoms with Crippen LogP contribution in [0.15, 0.2) is 201 Å². The van der Waals surface area contributed by atoms with Gasteiger partial charge in [-0.15, -0.1) is 0 Å². The normalized spacial score (nSPS) is 17.6. The number of aromatic nitrogens is 2. The fraction of sp³-hybridized carbons (Fsp3) is 0.0455. The summed E-state index contributed by atoms with van der Waals surface area (Å²) in [4.78, 5) is 21.3. The van der Waals surface area contributed by atoms with Crippen molar-refractivity contribution in [2.75, 3.05) is 0 Å². The molecule has 6 nitrogen and oxygen atoms in total. The number of nitrogens with zero attached hydrogens (tertiary/aromatic N) is 6. The van der Waals surface area contributed by atoms with Gasteiger partial charge in [0.05, 0.1) is 45.6 Å². The molecule has 0 atom stereocenters. The highest BCUT2D eigenvalue weighted by atomic mass is 14.9. The van der Waals surface area contributed by atoms with Gasteiger partial charge in [-0.05, 0) is 70.9 Å². The van der Waals surface area contributed by atoms with E-state index >= 15 is 0 Å². The van der Waals surface area contributed by atoms with Gasteiger partial charge >= 0.3 is 0 Å². The van der Waals surface area contributed by atoms with Gasteiger partial charge in [0.2, 0.25) is 0 Å². The van der Waals surface area contributed by atoms with Crippen molar-refractivity contribution >= 4 is 45.1 Å². The topological polar surface area (TPSA) is 57.2 Å².